The van der Waals surface area contributed by atoms with Gasteiger partial charge in [-0.15, -0.1) is 0 Å². The molecule has 0 aromatic rings. The minimum absolute atomic E-state index is 0.0269. The van der Waals surface area contributed by atoms with Crippen LogP contribution in [0.1, 0.15) is 46.5 Å². The van der Waals surface area contributed by atoms with Gasteiger partial charge in [-0.2, -0.15) is 0 Å². The van der Waals surface area contributed by atoms with Crippen LogP contribution < -0.4 is 16.8 Å². The monoisotopic (exact) mass is 301 g/mol. The van der Waals surface area contributed by atoms with Crippen molar-refractivity contribution in [3.8, 4) is 0 Å². The van der Waals surface area contributed by atoms with Crippen LogP contribution in [0.2, 0.25) is 0 Å². The fraction of sp³-hybridized carbons (Fsp3) is 0.786. The van der Waals surface area contributed by atoms with Crippen LogP contribution in [0.4, 0.5) is 0 Å². The molecule has 0 heterocycles. The quantitative estimate of drug-likeness (QED) is 0.483. The van der Waals surface area contributed by atoms with Gasteiger partial charge in [-0.05, 0) is 30.7 Å². The fourth-order valence-corrected chi connectivity index (χ4v) is 2.18. The van der Waals surface area contributed by atoms with E-state index in [1.807, 2.05) is 0 Å². The van der Waals surface area contributed by atoms with Crippen molar-refractivity contribution in [1.29, 1.82) is 0 Å². The Kier molecular flexibility index (Phi) is 7.94. The summed E-state index contributed by atoms with van der Waals surface area (Å²) in [6.45, 7) is 6.79. The standard InChI is InChI=1S/C14H27N3O4/c1-14(2,3)9(6-7-15)4-5-12(19)17-10(13(20)21)8-11(16)18/h9-10H,4-8,15H2,1-3H3,(H2,16,18)(H,17,19)(H,20,21). The average molecular weight is 301 g/mol. The summed E-state index contributed by atoms with van der Waals surface area (Å²) in [6, 6.07) is -1.27. The molecular formula is C14H27N3O4. The van der Waals surface area contributed by atoms with Gasteiger partial charge in [0.25, 0.3) is 0 Å². The minimum atomic E-state index is -1.27. The van der Waals surface area contributed by atoms with E-state index in [2.05, 4.69) is 26.1 Å². The second-order valence-electron chi connectivity index (χ2n) is 6.31. The highest BCUT2D eigenvalue weighted by Gasteiger charge is 2.26. The summed E-state index contributed by atoms with van der Waals surface area (Å²) in [5.41, 5.74) is 10.6. The summed E-state index contributed by atoms with van der Waals surface area (Å²) in [5, 5.41) is 11.2. The Morgan fingerprint density at radius 2 is 1.76 bits per heavy atom. The molecule has 2 atom stereocenters. The molecule has 7 nitrogen and oxygen atoms in total. The smallest absolute Gasteiger partial charge is 0.326 e. The number of nitrogens with one attached hydrogen (secondary N) is 1. The number of carbonyl (C=O) groups is 3. The topological polar surface area (TPSA) is 136 Å². The molecule has 122 valence electrons. The van der Waals surface area contributed by atoms with E-state index in [1.54, 1.807) is 0 Å². The molecule has 0 saturated heterocycles. The zero-order chi connectivity index (χ0) is 16.6. The van der Waals surface area contributed by atoms with Crippen molar-refractivity contribution in [3.05, 3.63) is 0 Å². The fourth-order valence-electron chi connectivity index (χ4n) is 2.18. The summed E-state index contributed by atoms with van der Waals surface area (Å²) in [7, 11) is 0. The first-order valence-corrected chi connectivity index (χ1v) is 7.08. The lowest BCUT2D eigenvalue weighted by molar-refractivity contribution is -0.143. The molecule has 0 fully saturated rings. The van der Waals surface area contributed by atoms with Crippen LogP contribution in [0, 0.1) is 11.3 Å². The van der Waals surface area contributed by atoms with Crippen molar-refractivity contribution in [1.82, 2.24) is 5.32 Å². The Balaban J connectivity index is 4.46. The maximum atomic E-state index is 11.8. The second kappa shape index (κ2) is 8.61. The van der Waals surface area contributed by atoms with Crippen molar-refractivity contribution in [3.63, 3.8) is 0 Å². The molecule has 0 aliphatic rings. The van der Waals surface area contributed by atoms with Crippen molar-refractivity contribution in [2.75, 3.05) is 6.54 Å². The van der Waals surface area contributed by atoms with Gasteiger partial charge in [0.15, 0.2) is 0 Å². The number of carboxylic acid groups (broad SMARTS) is 1. The minimum Gasteiger partial charge on any atom is -0.480 e. The Morgan fingerprint density at radius 3 is 2.14 bits per heavy atom. The van der Waals surface area contributed by atoms with Crippen LogP contribution in [0.5, 0.6) is 0 Å². The first kappa shape index (κ1) is 19.4. The lowest BCUT2D eigenvalue weighted by Crippen LogP contribution is -2.43. The van der Waals surface area contributed by atoms with Crippen LogP contribution in [0.15, 0.2) is 0 Å². The Morgan fingerprint density at radius 1 is 1.19 bits per heavy atom. The number of aliphatic carboxylic acids is 1. The highest BCUT2D eigenvalue weighted by Crippen LogP contribution is 2.31. The largest absolute Gasteiger partial charge is 0.480 e. The molecule has 0 radical (unpaired) electrons. The predicted octanol–water partition coefficient (Wildman–Crippen LogP) is 0.223. The predicted molar refractivity (Wildman–Crippen MR) is 79.2 cm³/mol. The van der Waals surface area contributed by atoms with E-state index in [1.165, 1.54) is 0 Å². The molecule has 0 aromatic carbocycles. The van der Waals surface area contributed by atoms with Crippen molar-refractivity contribution in [2.45, 2.75) is 52.5 Å². The SMILES string of the molecule is CC(C)(C)C(CCN)CCC(=O)NC(CC(N)=O)C(=O)O. The van der Waals surface area contributed by atoms with E-state index in [4.69, 9.17) is 16.6 Å². The molecule has 0 aliphatic heterocycles. The molecule has 0 rings (SSSR count). The number of carbonyl (C=O) groups excluding carboxylic acids is 2. The zero-order valence-electron chi connectivity index (χ0n) is 13.0. The number of carboxylic acids is 1. The second-order valence-corrected chi connectivity index (χ2v) is 6.31. The first-order chi connectivity index (χ1) is 9.57. The maximum Gasteiger partial charge on any atom is 0.326 e. The van der Waals surface area contributed by atoms with Crippen LogP contribution in [0.3, 0.4) is 0 Å². The van der Waals surface area contributed by atoms with Crippen molar-refractivity contribution < 1.29 is 19.5 Å². The third kappa shape index (κ3) is 8.29. The molecule has 0 saturated carbocycles. The Hall–Kier alpha value is -1.63. The molecule has 0 spiro atoms. The number of rotatable bonds is 9. The van der Waals surface area contributed by atoms with E-state index in [0.29, 0.717) is 13.0 Å². The highest BCUT2D eigenvalue weighted by atomic mass is 16.4. The molecule has 0 aliphatic carbocycles. The number of primary amides is 1. The summed E-state index contributed by atoms with van der Waals surface area (Å²) in [4.78, 5) is 33.5. The molecule has 0 aromatic heterocycles. The molecule has 6 N–H and O–H groups in total. The Labute approximate surface area is 125 Å². The van der Waals surface area contributed by atoms with Gasteiger partial charge in [0.05, 0.1) is 6.42 Å². The van der Waals surface area contributed by atoms with E-state index < -0.39 is 30.2 Å². The van der Waals surface area contributed by atoms with E-state index in [0.717, 1.165) is 6.42 Å². The lowest BCUT2D eigenvalue weighted by atomic mass is 9.76. The van der Waals surface area contributed by atoms with Gasteiger partial charge < -0.3 is 21.9 Å². The van der Waals surface area contributed by atoms with E-state index in [-0.39, 0.29) is 17.8 Å². The zero-order valence-corrected chi connectivity index (χ0v) is 13.0. The highest BCUT2D eigenvalue weighted by molar-refractivity contribution is 5.88. The number of nitrogens with two attached hydrogens (primary N) is 2. The van der Waals surface area contributed by atoms with Crippen LogP contribution in [0.25, 0.3) is 0 Å². The van der Waals surface area contributed by atoms with Crippen LogP contribution >= 0.6 is 0 Å². The summed E-state index contributed by atoms with van der Waals surface area (Å²) in [6.07, 6.45) is 1.22. The van der Waals surface area contributed by atoms with Gasteiger partial charge in [0.1, 0.15) is 6.04 Å². The van der Waals surface area contributed by atoms with Crippen LogP contribution in [-0.2, 0) is 14.4 Å². The average Bonchev–Trinajstić information content (AvgIpc) is 2.31. The van der Waals surface area contributed by atoms with Gasteiger partial charge in [-0.1, -0.05) is 20.8 Å². The van der Waals surface area contributed by atoms with Gasteiger partial charge in [-0.25, -0.2) is 4.79 Å². The van der Waals surface area contributed by atoms with E-state index >= 15 is 0 Å². The molecular weight excluding hydrogens is 274 g/mol. The first-order valence-electron chi connectivity index (χ1n) is 7.08. The Bertz CT molecular complexity index is 377. The van der Waals surface area contributed by atoms with Crippen LogP contribution in [-0.4, -0.2) is 35.5 Å². The van der Waals surface area contributed by atoms with Gasteiger partial charge >= 0.3 is 5.97 Å². The summed E-state index contributed by atoms with van der Waals surface area (Å²) < 4.78 is 0. The summed E-state index contributed by atoms with van der Waals surface area (Å²) >= 11 is 0. The molecule has 7 heteroatoms. The van der Waals surface area contributed by atoms with Gasteiger partial charge in [-0.3, -0.25) is 9.59 Å². The summed E-state index contributed by atoms with van der Waals surface area (Å²) in [5.74, 6) is -2.16. The number of hydrogen-bond acceptors (Lipinski definition) is 4. The number of amides is 2. The van der Waals surface area contributed by atoms with Crippen molar-refractivity contribution >= 4 is 17.8 Å². The third-order valence-corrected chi connectivity index (χ3v) is 3.50. The lowest BCUT2D eigenvalue weighted by Gasteiger charge is -2.30. The molecule has 2 amide bonds. The van der Waals surface area contributed by atoms with Crippen molar-refractivity contribution in [2.24, 2.45) is 22.8 Å². The third-order valence-electron chi connectivity index (χ3n) is 3.50. The maximum absolute atomic E-state index is 11.8. The molecule has 2 unspecified atom stereocenters. The molecule has 0 bridgehead atoms. The molecule has 21 heavy (non-hydrogen) atoms. The van der Waals surface area contributed by atoms with Gasteiger partial charge in [0.2, 0.25) is 11.8 Å². The normalized spacial score (nSPS) is 14.3. The van der Waals surface area contributed by atoms with Gasteiger partial charge in [0, 0.05) is 6.42 Å². The number of hydrogen-bond donors (Lipinski definition) is 4. The van der Waals surface area contributed by atoms with E-state index in [9.17, 15) is 14.4 Å².